The van der Waals surface area contributed by atoms with Crippen LogP contribution in [0.2, 0.25) is 0 Å². The third kappa shape index (κ3) is 4.33. The van der Waals surface area contributed by atoms with Crippen LogP contribution in [0, 0.1) is 0 Å². The van der Waals surface area contributed by atoms with Gasteiger partial charge in [-0.2, -0.15) is 5.10 Å². The highest BCUT2D eigenvalue weighted by Crippen LogP contribution is 2.29. The second-order valence-electron chi connectivity index (χ2n) is 10.7. The fraction of sp³-hybridized carbons (Fsp3) is 0.429. The minimum Gasteiger partial charge on any atom is -0.334 e. The topological polar surface area (TPSA) is 114 Å². The number of fused-ring (bicyclic) bond motifs is 4. The molecule has 3 aromatic rings. The Balaban J connectivity index is 1.13. The van der Waals surface area contributed by atoms with E-state index in [4.69, 9.17) is 0 Å². The van der Waals surface area contributed by atoms with Crippen LogP contribution in [0.15, 0.2) is 42.6 Å². The number of nitrogens with zero attached hydrogens (tertiary/aromatic N) is 4. The number of rotatable bonds is 3. The van der Waals surface area contributed by atoms with E-state index in [0.29, 0.717) is 45.4 Å². The molecule has 0 aliphatic carbocycles. The molecule has 198 valence electrons. The van der Waals surface area contributed by atoms with Crippen LogP contribution in [0.5, 0.6) is 0 Å². The highest BCUT2D eigenvalue weighted by Gasteiger charge is 2.36. The molecule has 0 spiro atoms. The number of carbonyl (C=O) groups is 3. The Hall–Kier alpha value is -4.08. The summed E-state index contributed by atoms with van der Waals surface area (Å²) in [4.78, 5) is 45.1. The maximum atomic E-state index is 13.6. The van der Waals surface area contributed by atoms with E-state index in [2.05, 4.69) is 20.8 Å². The lowest BCUT2D eigenvalue weighted by Crippen LogP contribution is -2.56. The van der Waals surface area contributed by atoms with Gasteiger partial charge in [0.2, 0.25) is 5.91 Å². The van der Waals surface area contributed by atoms with Crippen LogP contribution in [0.25, 0.3) is 10.9 Å². The fourth-order valence-electron chi connectivity index (χ4n) is 5.94. The maximum Gasteiger partial charge on any atom is 0.322 e. The molecule has 38 heavy (non-hydrogen) atoms. The predicted octanol–water partition coefficient (Wildman–Crippen LogP) is 3.45. The number of aromatic amines is 1. The summed E-state index contributed by atoms with van der Waals surface area (Å²) >= 11 is 0. The van der Waals surface area contributed by atoms with Crippen molar-refractivity contribution in [1.82, 2.24) is 30.2 Å². The molecule has 1 aromatic heterocycles. The zero-order valence-electron chi connectivity index (χ0n) is 21.7. The molecule has 0 unspecified atom stereocenters. The molecule has 1 atom stereocenters. The van der Waals surface area contributed by atoms with Crippen molar-refractivity contribution in [3.8, 4) is 0 Å². The molecule has 5 amide bonds. The molecule has 6 rings (SSSR count). The van der Waals surface area contributed by atoms with Crippen LogP contribution in [0.4, 0.5) is 15.3 Å². The molecule has 10 nitrogen and oxygen atoms in total. The number of hydrogen-bond acceptors (Lipinski definition) is 4. The van der Waals surface area contributed by atoms with Crippen molar-refractivity contribution in [1.29, 1.82) is 0 Å². The van der Waals surface area contributed by atoms with Crippen molar-refractivity contribution in [2.45, 2.75) is 64.3 Å². The van der Waals surface area contributed by atoms with Gasteiger partial charge in [-0.15, -0.1) is 0 Å². The van der Waals surface area contributed by atoms with Crippen LogP contribution in [-0.4, -0.2) is 74.1 Å². The van der Waals surface area contributed by atoms with E-state index in [-0.39, 0.29) is 30.1 Å². The summed E-state index contributed by atoms with van der Waals surface area (Å²) in [7, 11) is 0. The first-order valence-electron chi connectivity index (χ1n) is 13.3. The number of likely N-dealkylation sites (tertiary alicyclic amines) is 1. The molecule has 4 heterocycles. The number of anilines is 1. The average molecular weight is 516 g/mol. The molecule has 3 aliphatic heterocycles. The smallest absolute Gasteiger partial charge is 0.322 e. The van der Waals surface area contributed by atoms with Gasteiger partial charge in [-0.25, -0.2) is 9.59 Å². The number of piperidine rings is 1. The van der Waals surface area contributed by atoms with Gasteiger partial charge in [-0.05, 0) is 55.5 Å². The van der Waals surface area contributed by atoms with Crippen LogP contribution in [0.3, 0.4) is 0 Å². The number of H-pyrrole nitrogens is 1. The summed E-state index contributed by atoms with van der Waals surface area (Å²) in [6.07, 6.45) is 3.64. The quantitative estimate of drug-likeness (QED) is 0.496. The van der Waals surface area contributed by atoms with Crippen molar-refractivity contribution >= 4 is 34.6 Å². The molecular weight excluding hydrogens is 482 g/mol. The normalized spacial score (nSPS) is 20.3. The number of nitrogens with one attached hydrogen (secondary N) is 3. The second-order valence-corrected chi connectivity index (χ2v) is 10.7. The lowest BCUT2D eigenvalue weighted by atomic mass is 9.98. The fourth-order valence-corrected chi connectivity index (χ4v) is 5.94. The highest BCUT2D eigenvalue weighted by molar-refractivity contribution is 5.93. The van der Waals surface area contributed by atoms with E-state index in [0.717, 1.165) is 33.3 Å². The van der Waals surface area contributed by atoms with Crippen molar-refractivity contribution in [3.05, 3.63) is 59.3 Å². The summed E-state index contributed by atoms with van der Waals surface area (Å²) in [6, 6.07) is 11.0. The summed E-state index contributed by atoms with van der Waals surface area (Å²) in [5.74, 6) is -0.0697. The van der Waals surface area contributed by atoms with Crippen molar-refractivity contribution in [2.24, 2.45) is 0 Å². The monoisotopic (exact) mass is 515 g/mol. The molecule has 2 aromatic carbocycles. The van der Waals surface area contributed by atoms with Crippen LogP contribution < -0.4 is 10.6 Å². The number of benzene rings is 2. The molecule has 1 saturated heterocycles. The van der Waals surface area contributed by atoms with Crippen molar-refractivity contribution in [3.63, 3.8) is 0 Å². The van der Waals surface area contributed by atoms with Crippen LogP contribution >= 0.6 is 0 Å². The molecule has 1 fully saturated rings. The average Bonchev–Trinajstić information content (AvgIpc) is 3.35. The lowest BCUT2D eigenvalue weighted by Gasteiger charge is -2.40. The van der Waals surface area contributed by atoms with E-state index in [9.17, 15) is 14.4 Å². The number of aromatic nitrogens is 2. The Morgan fingerprint density at radius 3 is 2.63 bits per heavy atom. The van der Waals surface area contributed by atoms with Gasteiger partial charge in [0.25, 0.3) is 0 Å². The molecule has 10 heteroatoms. The van der Waals surface area contributed by atoms with Crippen LogP contribution in [0.1, 0.15) is 43.4 Å². The number of para-hydroxylation sites is 1. The largest absolute Gasteiger partial charge is 0.334 e. The van der Waals surface area contributed by atoms with Gasteiger partial charge in [0.05, 0.1) is 11.7 Å². The highest BCUT2D eigenvalue weighted by atomic mass is 16.2. The van der Waals surface area contributed by atoms with Gasteiger partial charge in [-0.3, -0.25) is 9.89 Å². The van der Waals surface area contributed by atoms with E-state index < -0.39 is 6.04 Å². The molecular formula is C28H33N7O3. The van der Waals surface area contributed by atoms with Gasteiger partial charge in [0.15, 0.2) is 0 Å². The maximum absolute atomic E-state index is 13.6. The summed E-state index contributed by atoms with van der Waals surface area (Å²) < 4.78 is 0. The molecule has 0 saturated carbocycles. The third-order valence-corrected chi connectivity index (χ3v) is 8.14. The minimum atomic E-state index is -0.641. The van der Waals surface area contributed by atoms with E-state index in [1.54, 1.807) is 11.1 Å². The molecule has 0 bridgehead atoms. The standard InChI is InChI=1S/C28H33N7O3/c1-17(2)34-16-22-18(7-8-24-21(22)14-29-32-24)13-25(26(34)36)31-27(37)33-11-9-20(10-12-33)35-15-19-5-3-4-6-23(19)30-28(35)38/h3-8,14,17,20,25H,9-13,15-16H2,1-2H3,(H,29,32)(H,30,38)(H,31,37)/t25-/m0/s1. The van der Waals surface area contributed by atoms with Gasteiger partial charge in [-0.1, -0.05) is 24.3 Å². The van der Waals surface area contributed by atoms with Crippen molar-refractivity contribution < 1.29 is 14.4 Å². The second kappa shape index (κ2) is 9.66. The predicted molar refractivity (Wildman–Crippen MR) is 143 cm³/mol. The first kappa shape index (κ1) is 24.3. The van der Waals surface area contributed by atoms with Crippen LogP contribution in [-0.2, 0) is 24.3 Å². The zero-order chi connectivity index (χ0) is 26.4. The summed E-state index contributed by atoms with van der Waals surface area (Å²) in [5.41, 5.74) is 5.04. The lowest BCUT2D eigenvalue weighted by molar-refractivity contribution is -0.135. The van der Waals surface area contributed by atoms with E-state index in [1.165, 1.54) is 0 Å². The number of amides is 5. The molecule has 3 N–H and O–H groups in total. The SMILES string of the molecule is CC(C)N1Cc2c(ccc3[nH]ncc23)C[C@H](NC(=O)N2CCC(N3Cc4ccccc4NC3=O)CC2)C1=O. The zero-order valence-corrected chi connectivity index (χ0v) is 21.7. The van der Waals surface area contributed by atoms with Gasteiger partial charge in [0.1, 0.15) is 6.04 Å². The Kier molecular flexibility index (Phi) is 6.17. The first-order valence-corrected chi connectivity index (χ1v) is 13.3. The van der Waals surface area contributed by atoms with E-state index in [1.807, 2.05) is 60.0 Å². The molecule has 3 aliphatic rings. The Morgan fingerprint density at radius 1 is 1.05 bits per heavy atom. The van der Waals surface area contributed by atoms with Gasteiger partial charge < -0.3 is 25.3 Å². The minimum absolute atomic E-state index is 0.00780. The van der Waals surface area contributed by atoms with Crippen molar-refractivity contribution in [2.75, 3.05) is 18.4 Å². The third-order valence-electron chi connectivity index (χ3n) is 8.14. The summed E-state index contributed by atoms with van der Waals surface area (Å²) in [5, 5.41) is 14.2. The van der Waals surface area contributed by atoms with Gasteiger partial charge >= 0.3 is 12.1 Å². The Morgan fingerprint density at radius 2 is 1.84 bits per heavy atom. The summed E-state index contributed by atoms with van der Waals surface area (Å²) in [6.45, 7) is 6.12. The number of hydrogen-bond donors (Lipinski definition) is 3. The number of carbonyl (C=O) groups excluding carboxylic acids is 3. The Labute approximate surface area is 221 Å². The first-order chi connectivity index (χ1) is 18.4. The number of urea groups is 2. The molecule has 0 radical (unpaired) electrons. The van der Waals surface area contributed by atoms with Gasteiger partial charge in [0, 0.05) is 55.8 Å². The Bertz CT molecular complexity index is 1390. The van der Waals surface area contributed by atoms with E-state index >= 15 is 0 Å².